The first-order valence-corrected chi connectivity index (χ1v) is 4.16. The Labute approximate surface area is 85.1 Å². The highest BCUT2D eigenvalue weighted by atomic mass is 35.5. The normalized spacial score (nSPS) is 9.93. The SMILES string of the molecule is COc1cc(Cl)c(CC(=O)O)cc1F. The van der Waals surface area contributed by atoms with Gasteiger partial charge in [-0.15, -0.1) is 0 Å². The molecule has 0 aliphatic rings. The lowest BCUT2D eigenvalue weighted by molar-refractivity contribution is -0.136. The molecular formula is C9H8ClFO3. The van der Waals surface area contributed by atoms with E-state index in [1.807, 2.05) is 0 Å². The highest BCUT2D eigenvalue weighted by Crippen LogP contribution is 2.26. The van der Waals surface area contributed by atoms with Crippen LogP contribution in [-0.4, -0.2) is 18.2 Å². The number of carbonyl (C=O) groups is 1. The minimum Gasteiger partial charge on any atom is -0.494 e. The second-order valence-electron chi connectivity index (χ2n) is 2.65. The Morgan fingerprint density at radius 1 is 1.64 bits per heavy atom. The van der Waals surface area contributed by atoms with Crippen LogP contribution in [0, 0.1) is 5.82 Å². The van der Waals surface area contributed by atoms with Crippen LogP contribution in [0.3, 0.4) is 0 Å². The van der Waals surface area contributed by atoms with Crippen molar-refractivity contribution in [3.63, 3.8) is 0 Å². The molecule has 0 bridgehead atoms. The van der Waals surface area contributed by atoms with Crippen molar-refractivity contribution in [1.82, 2.24) is 0 Å². The summed E-state index contributed by atoms with van der Waals surface area (Å²) in [5, 5.41) is 8.68. The largest absolute Gasteiger partial charge is 0.494 e. The van der Waals surface area contributed by atoms with Crippen molar-refractivity contribution in [3.05, 3.63) is 28.5 Å². The zero-order valence-electron chi connectivity index (χ0n) is 7.38. The number of carboxylic acid groups (broad SMARTS) is 1. The van der Waals surface area contributed by atoms with Gasteiger partial charge in [0.25, 0.3) is 0 Å². The molecule has 0 aliphatic heterocycles. The molecular weight excluding hydrogens is 211 g/mol. The van der Waals surface area contributed by atoms with E-state index in [1.54, 1.807) is 0 Å². The maximum Gasteiger partial charge on any atom is 0.307 e. The van der Waals surface area contributed by atoms with Crippen molar-refractivity contribution in [1.29, 1.82) is 0 Å². The summed E-state index contributed by atoms with van der Waals surface area (Å²) in [5.41, 5.74) is 0.234. The number of ether oxygens (including phenoxy) is 1. The summed E-state index contributed by atoms with van der Waals surface area (Å²) < 4.78 is 17.8. The van der Waals surface area contributed by atoms with E-state index >= 15 is 0 Å². The van der Waals surface area contributed by atoms with Crippen LogP contribution in [0.15, 0.2) is 12.1 Å². The molecule has 3 nitrogen and oxygen atoms in total. The molecule has 14 heavy (non-hydrogen) atoms. The zero-order chi connectivity index (χ0) is 10.7. The second-order valence-corrected chi connectivity index (χ2v) is 3.06. The highest BCUT2D eigenvalue weighted by Gasteiger charge is 2.11. The number of rotatable bonds is 3. The van der Waals surface area contributed by atoms with E-state index in [9.17, 15) is 9.18 Å². The molecule has 0 saturated carbocycles. The molecule has 5 heteroatoms. The summed E-state index contributed by atoms with van der Waals surface area (Å²) in [5.74, 6) is -1.67. The molecule has 1 aromatic carbocycles. The van der Waals surface area contributed by atoms with Gasteiger partial charge in [-0.3, -0.25) is 4.79 Å². The van der Waals surface area contributed by atoms with Crippen LogP contribution in [0.2, 0.25) is 5.02 Å². The van der Waals surface area contributed by atoms with E-state index in [0.29, 0.717) is 0 Å². The minimum absolute atomic E-state index is 0.00383. The Morgan fingerprint density at radius 3 is 2.79 bits per heavy atom. The summed E-state index contributed by atoms with van der Waals surface area (Å²) in [6, 6.07) is 2.32. The van der Waals surface area contributed by atoms with Crippen LogP contribution in [0.25, 0.3) is 0 Å². The Bertz CT molecular complexity index is 365. The van der Waals surface area contributed by atoms with E-state index < -0.39 is 11.8 Å². The van der Waals surface area contributed by atoms with Crippen LogP contribution >= 0.6 is 11.6 Å². The van der Waals surface area contributed by atoms with E-state index in [1.165, 1.54) is 13.2 Å². The summed E-state index contributed by atoms with van der Waals surface area (Å²) in [6.45, 7) is 0. The van der Waals surface area contributed by atoms with Crippen molar-refractivity contribution in [2.24, 2.45) is 0 Å². The third-order valence-electron chi connectivity index (χ3n) is 1.66. The first-order valence-electron chi connectivity index (χ1n) is 3.78. The van der Waals surface area contributed by atoms with Gasteiger partial charge in [-0.1, -0.05) is 11.6 Å². The molecule has 1 aromatic rings. The third-order valence-corrected chi connectivity index (χ3v) is 2.01. The van der Waals surface area contributed by atoms with Gasteiger partial charge in [0.2, 0.25) is 0 Å². The molecule has 0 aliphatic carbocycles. The van der Waals surface area contributed by atoms with Gasteiger partial charge in [0.15, 0.2) is 11.6 Å². The Kier molecular flexibility index (Phi) is 3.30. The Morgan fingerprint density at radius 2 is 2.29 bits per heavy atom. The van der Waals surface area contributed by atoms with Crippen molar-refractivity contribution in [2.75, 3.05) is 7.11 Å². The third kappa shape index (κ3) is 2.35. The monoisotopic (exact) mass is 218 g/mol. The quantitative estimate of drug-likeness (QED) is 0.845. The standard InChI is InChI=1S/C9H8ClFO3/c1-14-8-4-6(10)5(2-7(8)11)3-9(12)13/h2,4H,3H2,1H3,(H,12,13). The molecule has 0 unspecified atom stereocenters. The lowest BCUT2D eigenvalue weighted by atomic mass is 10.1. The van der Waals surface area contributed by atoms with Crippen molar-refractivity contribution >= 4 is 17.6 Å². The molecule has 0 spiro atoms. The van der Waals surface area contributed by atoms with Gasteiger partial charge in [-0.25, -0.2) is 4.39 Å². The fraction of sp³-hybridized carbons (Fsp3) is 0.222. The Balaban J connectivity index is 3.08. The first-order chi connectivity index (χ1) is 6.54. The van der Waals surface area contributed by atoms with Crippen LogP contribution in [0.1, 0.15) is 5.56 Å². The number of halogens is 2. The van der Waals surface area contributed by atoms with E-state index in [-0.39, 0.29) is 22.8 Å². The predicted octanol–water partition coefficient (Wildman–Crippen LogP) is 2.11. The lowest BCUT2D eigenvalue weighted by Gasteiger charge is -2.05. The van der Waals surface area contributed by atoms with Crippen molar-refractivity contribution in [2.45, 2.75) is 6.42 Å². The van der Waals surface area contributed by atoms with Crippen LogP contribution in [0.5, 0.6) is 5.75 Å². The molecule has 0 fully saturated rings. The number of carboxylic acids is 1. The van der Waals surface area contributed by atoms with Gasteiger partial charge >= 0.3 is 5.97 Å². The van der Waals surface area contributed by atoms with E-state index in [2.05, 4.69) is 4.74 Å². The second kappa shape index (κ2) is 4.28. The topological polar surface area (TPSA) is 46.5 Å². The number of hydrogen-bond donors (Lipinski definition) is 1. The lowest BCUT2D eigenvalue weighted by Crippen LogP contribution is -2.02. The van der Waals surface area contributed by atoms with Gasteiger partial charge < -0.3 is 9.84 Å². The maximum absolute atomic E-state index is 13.1. The fourth-order valence-corrected chi connectivity index (χ4v) is 1.25. The van der Waals surface area contributed by atoms with Gasteiger partial charge in [-0.2, -0.15) is 0 Å². The summed E-state index contributed by atoms with van der Waals surface area (Å²) in [4.78, 5) is 10.4. The molecule has 76 valence electrons. The fourth-order valence-electron chi connectivity index (χ4n) is 1.02. The molecule has 1 rings (SSSR count). The summed E-state index contributed by atoms with van der Waals surface area (Å²) in [6.07, 6.45) is -0.306. The number of aliphatic carboxylic acids is 1. The molecule has 0 saturated heterocycles. The predicted molar refractivity (Wildman–Crippen MR) is 49.3 cm³/mol. The van der Waals surface area contributed by atoms with Gasteiger partial charge in [-0.05, 0) is 11.6 Å². The number of benzene rings is 1. The van der Waals surface area contributed by atoms with Crippen LogP contribution in [0.4, 0.5) is 4.39 Å². The van der Waals surface area contributed by atoms with E-state index in [0.717, 1.165) is 6.07 Å². The van der Waals surface area contributed by atoms with Gasteiger partial charge in [0.1, 0.15) is 0 Å². The smallest absolute Gasteiger partial charge is 0.307 e. The minimum atomic E-state index is -1.06. The number of methoxy groups -OCH3 is 1. The molecule has 0 amide bonds. The maximum atomic E-state index is 13.1. The molecule has 0 radical (unpaired) electrons. The van der Waals surface area contributed by atoms with Gasteiger partial charge in [0.05, 0.1) is 13.5 Å². The highest BCUT2D eigenvalue weighted by molar-refractivity contribution is 6.31. The van der Waals surface area contributed by atoms with Gasteiger partial charge in [0, 0.05) is 11.1 Å². The zero-order valence-corrected chi connectivity index (χ0v) is 8.14. The van der Waals surface area contributed by atoms with Crippen LogP contribution in [-0.2, 0) is 11.2 Å². The molecule has 0 aromatic heterocycles. The van der Waals surface area contributed by atoms with Crippen molar-refractivity contribution < 1.29 is 19.0 Å². The molecule has 0 heterocycles. The average Bonchev–Trinajstić information content (AvgIpc) is 2.10. The summed E-state index contributed by atoms with van der Waals surface area (Å²) >= 11 is 5.71. The number of hydrogen-bond acceptors (Lipinski definition) is 2. The first kappa shape index (κ1) is 10.8. The van der Waals surface area contributed by atoms with Crippen LogP contribution < -0.4 is 4.74 Å². The van der Waals surface area contributed by atoms with E-state index in [4.69, 9.17) is 16.7 Å². The average molecular weight is 219 g/mol. The molecule has 1 N–H and O–H groups in total. The summed E-state index contributed by atoms with van der Waals surface area (Å²) in [7, 11) is 1.31. The molecule has 0 atom stereocenters. The Hall–Kier alpha value is -1.29. The van der Waals surface area contributed by atoms with Crippen molar-refractivity contribution in [3.8, 4) is 5.75 Å².